The molecule has 1 aliphatic rings. The number of carbonyl (C=O) groups excluding carboxylic acids is 1. The molecule has 0 unspecified atom stereocenters. The summed E-state index contributed by atoms with van der Waals surface area (Å²) >= 11 is 0. The van der Waals surface area contributed by atoms with Crippen molar-refractivity contribution in [1.82, 2.24) is 4.90 Å². The van der Waals surface area contributed by atoms with Crippen molar-refractivity contribution in [2.45, 2.75) is 13.5 Å². The molecule has 1 N–H and O–H groups in total. The highest BCUT2D eigenvalue weighted by atomic mass is 16.7. The summed E-state index contributed by atoms with van der Waals surface area (Å²) in [6, 6.07) is 13.2. The van der Waals surface area contributed by atoms with Crippen LogP contribution in [0.5, 0.6) is 17.2 Å². The molecule has 2 aromatic carbocycles. The monoisotopic (exact) mass is 342 g/mol. The van der Waals surface area contributed by atoms with Crippen molar-refractivity contribution < 1.29 is 19.0 Å². The summed E-state index contributed by atoms with van der Waals surface area (Å²) < 4.78 is 15.9. The fraction of sp³-hybridized carbons (Fsp3) is 0.316. The van der Waals surface area contributed by atoms with Crippen LogP contribution in [0.3, 0.4) is 0 Å². The topological polar surface area (TPSA) is 60.0 Å². The number of nitrogens with one attached hydrogen (secondary N) is 1. The lowest BCUT2D eigenvalue weighted by Gasteiger charge is -2.20. The number of likely N-dealkylation sites (N-methyl/N-ethyl adjacent to an activating group) is 1. The molecule has 6 heteroatoms. The van der Waals surface area contributed by atoms with Gasteiger partial charge in [-0.25, -0.2) is 0 Å². The number of nitrogens with zero attached hydrogens (tertiary/aromatic N) is 1. The molecule has 1 amide bonds. The van der Waals surface area contributed by atoms with E-state index < -0.39 is 0 Å². The van der Waals surface area contributed by atoms with Crippen LogP contribution in [-0.4, -0.2) is 37.8 Å². The summed E-state index contributed by atoms with van der Waals surface area (Å²) in [5.74, 6) is 2.18. The molecule has 6 nitrogen and oxygen atoms in total. The van der Waals surface area contributed by atoms with Crippen LogP contribution in [0.15, 0.2) is 42.5 Å². The van der Waals surface area contributed by atoms with E-state index >= 15 is 0 Å². The van der Waals surface area contributed by atoms with Crippen LogP contribution in [0.4, 0.5) is 5.69 Å². The first-order valence-electron chi connectivity index (χ1n) is 8.22. The van der Waals surface area contributed by atoms with Crippen molar-refractivity contribution >= 4 is 11.6 Å². The van der Waals surface area contributed by atoms with Crippen LogP contribution in [0.1, 0.15) is 12.5 Å². The zero-order valence-corrected chi connectivity index (χ0v) is 14.5. The predicted octanol–water partition coefficient (Wildman–Crippen LogP) is 2.88. The van der Waals surface area contributed by atoms with Crippen LogP contribution in [0, 0.1) is 0 Å². The van der Waals surface area contributed by atoms with E-state index in [4.69, 9.17) is 14.2 Å². The minimum atomic E-state index is -0.0594. The first-order valence-corrected chi connectivity index (χ1v) is 8.22. The Kier molecular flexibility index (Phi) is 5.40. The lowest BCUT2D eigenvalue weighted by Crippen LogP contribution is -2.32. The molecule has 0 atom stereocenters. The van der Waals surface area contributed by atoms with E-state index in [0.717, 1.165) is 29.3 Å². The van der Waals surface area contributed by atoms with Gasteiger partial charge in [0, 0.05) is 18.3 Å². The van der Waals surface area contributed by atoms with Gasteiger partial charge >= 0.3 is 0 Å². The van der Waals surface area contributed by atoms with Gasteiger partial charge in [-0.2, -0.15) is 0 Å². The maximum atomic E-state index is 12.3. The van der Waals surface area contributed by atoms with Gasteiger partial charge in [-0.05, 0) is 36.4 Å². The second kappa shape index (κ2) is 7.90. The smallest absolute Gasteiger partial charge is 0.238 e. The molecular formula is C19H22N2O4. The molecule has 0 saturated heterocycles. The first kappa shape index (κ1) is 17.1. The SMILES string of the molecule is CCN(CC(=O)Nc1cccc(OC)c1)Cc1ccc2c(c1)OCO2. The number of carbonyl (C=O) groups is 1. The summed E-state index contributed by atoms with van der Waals surface area (Å²) in [5.41, 5.74) is 1.81. The molecule has 2 aromatic rings. The second-order valence-corrected chi connectivity index (χ2v) is 5.77. The number of rotatable bonds is 7. The Morgan fingerprint density at radius 3 is 2.84 bits per heavy atom. The number of methoxy groups -OCH3 is 1. The van der Waals surface area contributed by atoms with E-state index in [0.29, 0.717) is 18.8 Å². The summed E-state index contributed by atoms with van der Waals surface area (Å²) in [6.07, 6.45) is 0. The normalized spacial score (nSPS) is 12.3. The summed E-state index contributed by atoms with van der Waals surface area (Å²) in [4.78, 5) is 14.4. The Labute approximate surface area is 147 Å². The number of ether oxygens (including phenoxy) is 3. The molecule has 1 heterocycles. The molecule has 0 aliphatic carbocycles. The number of amides is 1. The second-order valence-electron chi connectivity index (χ2n) is 5.77. The van der Waals surface area contributed by atoms with Gasteiger partial charge in [0.25, 0.3) is 0 Å². The standard InChI is InChI=1S/C19H22N2O4/c1-3-21(11-14-7-8-17-18(9-14)25-13-24-17)12-19(22)20-15-5-4-6-16(10-15)23-2/h4-10H,3,11-13H2,1-2H3,(H,20,22). The Hall–Kier alpha value is -2.73. The molecular weight excluding hydrogens is 320 g/mol. The molecule has 0 aromatic heterocycles. The van der Waals surface area contributed by atoms with Crippen molar-refractivity contribution in [3.8, 4) is 17.2 Å². The molecule has 0 saturated carbocycles. The lowest BCUT2D eigenvalue weighted by atomic mass is 10.2. The fourth-order valence-electron chi connectivity index (χ4n) is 2.68. The minimum absolute atomic E-state index is 0.0594. The fourth-order valence-corrected chi connectivity index (χ4v) is 2.68. The van der Waals surface area contributed by atoms with Crippen LogP contribution < -0.4 is 19.5 Å². The zero-order chi connectivity index (χ0) is 17.6. The van der Waals surface area contributed by atoms with Gasteiger partial charge < -0.3 is 19.5 Å². The molecule has 1 aliphatic heterocycles. The number of hydrogen-bond donors (Lipinski definition) is 1. The highest BCUT2D eigenvalue weighted by Crippen LogP contribution is 2.32. The Morgan fingerprint density at radius 1 is 1.20 bits per heavy atom. The third-order valence-corrected chi connectivity index (χ3v) is 4.01. The number of benzene rings is 2. The van der Waals surface area contributed by atoms with Gasteiger partial charge in [-0.3, -0.25) is 9.69 Å². The minimum Gasteiger partial charge on any atom is -0.497 e. The largest absolute Gasteiger partial charge is 0.497 e. The van der Waals surface area contributed by atoms with E-state index in [-0.39, 0.29) is 12.7 Å². The van der Waals surface area contributed by atoms with Crippen molar-refractivity contribution in [2.75, 3.05) is 32.3 Å². The van der Waals surface area contributed by atoms with Crippen molar-refractivity contribution in [3.63, 3.8) is 0 Å². The van der Waals surface area contributed by atoms with Crippen molar-refractivity contribution in [2.24, 2.45) is 0 Å². The quantitative estimate of drug-likeness (QED) is 0.838. The van der Waals surface area contributed by atoms with Gasteiger partial charge in [0.1, 0.15) is 5.75 Å². The highest BCUT2D eigenvalue weighted by Gasteiger charge is 2.15. The third kappa shape index (κ3) is 4.42. The Balaban J connectivity index is 1.58. The van der Waals surface area contributed by atoms with E-state index in [9.17, 15) is 4.79 Å². The third-order valence-electron chi connectivity index (χ3n) is 4.01. The number of hydrogen-bond acceptors (Lipinski definition) is 5. The lowest BCUT2D eigenvalue weighted by molar-refractivity contribution is -0.117. The van der Waals surface area contributed by atoms with E-state index in [1.165, 1.54) is 0 Å². The Morgan fingerprint density at radius 2 is 2.04 bits per heavy atom. The maximum absolute atomic E-state index is 12.3. The van der Waals surface area contributed by atoms with E-state index in [1.807, 2.05) is 43.3 Å². The molecule has 0 radical (unpaired) electrons. The Bertz CT molecular complexity index is 748. The van der Waals surface area contributed by atoms with Crippen LogP contribution in [0.25, 0.3) is 0 Å². The molecule has 0 spiro atoms. The highest BCUT2D eigenvalue weighted by molar-refractivity contribution is 5.92. The molecule has 0 bridgehead atoms. The molecule has 3 rings (SSSR count). The average Bonchev–Trinajstić information content (AvgIpc) is 3.09. The van der Waals surface area contributed by atoms with Gasteiger partial charge in [-0.15, -0.1) is 0 Å². The van der Waals surface area contributed by atoms with Gasteiger partial charge in [0.15, 0.2) is 11.5 Å². The van der Waals surface area contributed by atoms with E-state index in [1.54, 1.807) is 13.2 Å². The first-order chi connectivity index (χ1) is 12.2. The summed E-state index contributed by atoms with van der Waals surface area (Å²) in [6.45, 7) is 4.03. The number of anilines is 1. The van der Waals surface area contributed by atoms with Crippen molar-refractivity contribution in [3.05, 3.63) is 48.0 Å². The molecule has 132 valence electrons. The summed E-state index contributed by atoms with van der Waals surface area (Å²) in [5, 5.41) is 2.90. The molecule has 25 heavy (non-hydrogen) atoms. The summed E-state index contributed by atoms with van der Waals surface area (Å²) in [7, 11) is 1.60. The number of fused-ring (bicyclic) bond motifs is 1. The van der Waals surface area contributed by atoms with Crippen molar-refractivity contribution in [1.29, 1.82) is 0 Å². The average molecular weight is 342 g/mol. The van der Waals surface area contributed by atoms with Crippen LogP contribution in [0.2, 0.25) is 0 Å². The molecule has 0 fully saturated rings. The van der Waals surface area contributed by atoms with Gasteiger partial charge in [0.05, 0.1) is 13.7 Å². The van der Waals surface area contributed by atoms with Crippen LogP contribution >= 0.6 is 0 Å². The van der Waals surface area contributed by atoms with Gasteiger partial charge in [-0.1, -0.05) is 19.1 Å². The van der Waals surface area contributed by atoms with E-state index in [2.05, 4.69) is 10.2 Å². The van der Waals surface area contributed by atoms with Crippen LogP contribution in [-0.2, 0) is 11.3 Å². The zero-order valence-electron chi connectivity index (χ0n) is 14.5. The maximum Gasteiger partial charge on any atom is 0.238 e. The predicted molar refractivity (Wildman–Crippen MR) is 95.1 cm³/mol. The van der Waals surface area contributed by atoms with Gasteiger partial charge in [0.2, 0.25) is 12.7 Å².